The molecule has 1 aliphatic heterocycles. The molecule has 1 aliphatic rings. The van der Waals surface area contributed by atoms with Crippen molar-refractivity contribution in [2.75, 3.05) is 5.73 Å². The number of carbonyl (C=O) groups is 1. The molecular formula is C14H23N3O3. The van der Waals surface area contributed by atoms with Crippen molar-refractivity contribution in [2.45, 2.75) is 65.4 Å². The maximum atomic E-state index is 12.3. The van der Waals surface area contributed by atoms with Gasteiger partial charge in [-0.3, -0.25) is 4.68 Å². The molecular weight excluding hydrogens is 258 g/mol. The summed E-state index contributed by atoms with van der Waals surface area (Å²) < 4.78 is 12.8. The van der Waals surface area contributed by atoms with Crippen molar-refractivity contribution < 1.29 is 14.3 Å². The lowest BCUT2D eigenvalue weighted by Crippen LogP contribution is -2.35. The van der Waals surface area contributed by atoms with E-state index in [2.05, 4.69) is 5.10 Å². The van der Waals surface area contributed by atoms with Crippen LogP contribution in [0.25, 0.3) is 0 Å². The van der Waals surface area contributed by atoms with Crippen molar-refractivity contribution in [2.24, 2.45) is 0 Å². The number of nitrogen functional groups attached to an aromatic ring is 1. The van der Waals surface area contributed by atoms with E-state index in [1.165, 1.54) is 0 Å². The van der Waals surface area contributed by atoms with Gasteiger partial charge in [0.2, 0.25) is 0 Å². The average molecular weight is 281 g/mol. The molecule has 0 radical (unpaired) electrons. The molecule has 0 spiro atoms. The van der Waals surface area contributed by atoms with Gasteiger partial charge in [-0.15, -0.1) is 0 Å². The van der Waals surface area contributed by atoms with E-state index in [0.29, 0.717) is 23.6 Å². The zero-order chi connectivity index (χ0) is 14.9. The molecule has 1 aromatic rings. The molecule has 2 N–H and O–H groups in total. The summed E-state index contributed by atoms with van der Waals surface area (Å²) in [6.07, 6.45) is 1.52. The van der Waals surface area contributed by atoms with E-state index in [9.17, 15) is 4.79 Å². The molecule has 1 aromatic heterocycles. The molecule has 1 fully saturated rings. The van der Waals surface area contributed by atoms with Crippen LogP contribution >= 0.6 is 0 Å². The number of nitrogens with two attached hydrogens (primary N) is 1. The molecule has 6 heteroatoms. The minimum atomic E-state index is -0.392. The maximum absolute atomic E-state index is 12.3. The van der Waals surface area contributed by atoms with Crippen LogP contribution in [-0.2, 0) is 16.0 Å². The van der Waals surface area contributed by atoms with E-state index < -0.39 is 5.97 Å². The Bertz CT molecular complexity index is 488. The van der Waals surface area contributed by atoms with Crippen molar-refractivity contribution in [1.82, 2.24) is 9.78 Å². The van der Waals surface area contributed by atoms with Crippen LogP contribution in [0.1, 0.15) is 49.8 Å². The molecule has 0 saturated carbocycles. The molecule has 0 amide bonds. The van der Waals surface area contributed by atoms with E-state index in [4.69, 9.17) is 15.2 Å². The summed E-state index contributed by atoms with van der Waals surface area (Å²) in [5.74, 6) is -0.392. The highest BCUT2D eigenvalue weighted by Gasteiger charge is 2.29. The van der Waals surface area contributed by atoms with Crippen molar-refractivity contribution in [3.8, 4) is 0 Å². The first-order chi connectivity index (χ1) is 9.42. The Balaban J connectivity index is 2.12. The van der Waals surface area contributed by atoms with Crippen molar-refractivity contribution >= 4 is 11.7 Å². The molecule has 0 aromatic carbocycles. The molecule has 6 nitrogen and oxygen atoms in total. The second-order valence-corrected chi connectivity index (χ2v) is 5.42. The number of aryl methyl sites for hydroxylation is 2. The first-order valence-corrected chi connectivity index (χ1v) is 7.11. The van der Waals surface area contributed by atoms with Gasteiger partial charge in [0.05, 0.1) is 23.6 Å². The number of carbonyl (C=O) groups excluding carboxylic acids is 1. The second-order valence-electron chi connectivity index (χ2n) is 5.42. The molecule has 2 unspecified atom stereocenters. The SMILES string of the molecule is CCn1nc(C)c(N)c1C(=O)OC1CC(C)OC(C)C1. The molecule has 2 rings (SSSR count). The van der Waals surface area contributed by atoms with Gasteiger partial charge in [-0.05, 0) is 27.7 Å². The van der Waals surface area contributed by atoms with Crippen LogP contribution in [-0.4, -0.2) is 34.1 Å². The lowest BCUT2D eigenvalue weighted by Gasteiger charge is -2.31. The average Bonchev–Trinajstić information content (AvgIpc) is 2.63. The quantitative estimate of drug-likeness (QED) is 0.856. The molecule has 2 heterocycles. The maximum Gasteiger partial charge on any atom is 0.359 e. The number of hydrogen-bond donors (Lipinski definition) is 1. The number of rotatable bonds is 3. The fourth-order valence-electron chi connectivity index (χ4n) is 2.69. The van der Waals surface area contributed by atoms with Gasteiger partial charge in [-0.25, -0.2) is 4.79 Å². The fourth-order valence-corrected chi connectivity index (χ4v) is 2.69. The number of hydrogen-bond acceptors (Lipinski definition) is 5. The third-order valence-corrected chi connectivity index (χ3v) is 3.59. The van der Waals surface area contributed by atoms with Gasteiger partial charge in [0.15, 0.2) is 5.69 Å². The highest BCUT2D eigenvalue weighted by atomic mass is 16.6. The summed E-state index contributed by atoms with van der Waals surface area (Å²) in [7, 11) is 0. The van der Waals surface area contributed by atoms with Gasteiger partial charge < -0.3 is 15.2 Å². The zero-order valence-corrected chi connectivity index (χ0v) is 12.5. The topological polar surface area (TPSA) is 79.4 Å². The van der Waals surface area contributed by atoms with Crippen LogP contribution < -0.4 is 5.73 Å². The smallest absolute Gasteiger partial charge is 0.359 e. The van der Waals surface area contributed by atoms with Gasteiger partial charge >= 0.3 is 5.97 Å². The normalized spacial score (nSPS) is 26.5. The number of ether oxygens (including phenoxy) is 2. The highest BCUT2D eigenvalue weighted by molar-refractivity contribution is 5.93. The molecule has 112 valence electrons. The molecule has 2 atom stereocenters. The Morgan fingerprint density at radius 3 is 2.60 bits per heavy atom. The predicted molar refractivity (Wildman–Crippen MR) is 75.5 cm³/mol. The van der Waals surface area contributed by atoms with Crippen molar-refractivity contribution in [3.05, 3.63) is 11.4 Å². The summed E-state index contributed by atoms with van der Waals surface area (Å²) in [4.78, 5) is 12.3. The van der Waals surface area contributed by atoms with Crippen LogP contribution in [0.4, 0.5) is 5.69 Å². The van der Waals surface area contributed by atoms with Crippen LogP contribution in [0, 0.1) is 6.92 Å². The number of esters is 1. The van der Waals surface area contributed by atoms with Crippen LogP contribution in [0.3, 0.4) is 0 Å². The van der Waals surface area contributed by atoms with E-state index >= 15 is 0 Å². The Labute approximate surface area is 119 Å². The Kier molecular flexibility index (Phi) is 4.32. The van der Waals surface area contributed by atoms with Gasteiger partial charge in [0.1, 0.15) is 6.10 Å². The predicted octanol–water partition coefficient (Wildman–Crippen LogP) is 1.91. The Hall–Kier alpha value is -1.56. The number of nitrogens with zero attached hydrogens (tertiary/aromatic N) is 2. The summed E-state index contributed by atoms with van der Waals surface area (Å²) >= 11 is 0. The van der Waals surface area contributed by atoms with Crippen LogP contribution in [0.15, 0.2) is 0 Å². The van der Waals surface area contributed by atoms with E-state index in [1.807, 2.05) is 20.8 Å². The second kappa shape index (κ2) is 5.83. The van der Waals surface area contributed by atoms with E-state index in [1.54, 1.807) is 11.6 Å². The standard InChI is InChI=1S/C14H23N3O3/c1-5-17-13(12(15)10(4)16-17)14(18)20-11-6-8(2)19-9(3)7-11/h8-9,11H,5-7,15H2,1-4H3. The number of anilines is 1. The Morgan fingerprint density at radius 1 is 1.45 bits per heavy atom. The first-order valence-electron chi connectivity index (χ1n) is 7.11. The summed E-state index contributed by atoms with van der Waals surface area (Å²) in [6, 6.07) is 0. The first kappa shape index (κ1) is 14.8. The summed E-state index contributed by atoms with van der Waals surface area (Å²) in [6.45, 7) is 8.28. The lowest BCUT2D eigenvalue weighted by molar-refractivity contribution is -0.0857. The van der Waals surface area contributed by atoms with Crippen molar-refractivity contribution in [1.29, 1.82) is 0 Å². The van der Waals surface area contributed by atoms with E-state index in [0.717, 1.165) is 12.8 Å². The van der Waals surface area contributed by atoms with Gasteiger partial charge in [0.25, 0.3) is 0 Å². The number of aromatic nitrogens is 2. The van der Waals surface area contributed by atoms with E-state index in [-0.39, 0.29) is 18.3 Å². The Morgan fingerprint density at radius 2 is 2.05 bits per heavy atom. The third kappa shape index (κ3) is 2.95. The van der Waals surface area contributed by atoms with Gasteiger partial charge in [0, 0.05) is 19.4 Å². The summed E-state index contributed by atoms with van der Waals surface area (Å²) in [5.41, 5.74) is 7.36. The highest BCUT2D eigenvalue weighted by Crippen LogP contribution is 2.24. The summed E-state index contributed by atoms with van der Waals surface area (Å²) in [5, 5.41) is 4.24. The minimum Gasteiger partial charge on any atom is -0.457 e. The molecule has 1 saturated heterocycles. The van der Waals surface area contributed by atoms with Crippen LogP contribution in [0.2, 0.25) is 0 Å². The lowest BCUT2D eigenvalue weighted by atomic mass is 10.0. The fraction of sp³-hybridized carbons (Fsp3) is 0.714. The van der Waals surface area contributed by atoms with Crippen LogP contribution in [0.5, 0.6) is 0 Å². The zero-order valence-electron chi connectivity index (χ0n) is 12.5. The van der Waals surface area contributed by atoms with Gasteiger partial charge in [-0.1, -0.05) is 0 Å². The molecule has 0 bridgehead atoms. The molecule has 0 aliphatic carbocycles. The minimum absolute atomic E-state index is 0.103. The van der Waals surface area contributed by atoms with Gasteiger partial charge in [-0.2, -0.15) is 5.10 Å². The largest absolute Gasteiger partial charge is 0.457 e. The molecule has 20 heavy (non-hydrogen) atoms. The monoisotopic (exact) mass is 281 g/mol. The van der Waals surface area contributed by atoms with Crippen molar-refractivity contribution in [3.63, 3.8) is 0 Å². The third-order valence-electron chi connectivity index (χ3n) is 3.59.